The molecule has 3 rings (SSSR count). The fourth-order valence-electron chi connectivity index (χ4n) is 4.10. The van der Waals surface area contributed by atoms with E-state index >= 15 is 0 Å². The molecule has 2 aromatic carbocycles. The Labute approximate surface area is 163 Å². The summed E-state index contributed by atoms with van der Waals surface area (Å²) in [5.41, 5.74) is 3.67. The smallest absolute Gasteiger partial charge is 0.139 e. The van der Waals surface area contributed by atoms with Crippen LogP contribution in [-0.4, -0.2) is 0 Å². The molecule has 0 bridgehead atoms. The van der Waals surface area contributed by atoms with E-state index < -0.39 is 0 Å². The molecule has 0 nitrogen and oxygen atoms in total. The predicted molar refractivity (Wildman–Crippen MR) is 113 cm³/mol. The van der Waals surface area contributed by atoms with Crippen LogP contribution in [0.5, 0.6) is 0 Å². The highest BCUT2D eigenvalue weighted by atomic mass is 19.1. The molecule has 1 aliphatic rings. The van der Waals surface area contributed by atoms with Gasteiger partial charge in [-0.25, -0.2) is 4.39 Å². The van der Waals surface area contributed by atoms with Gasteiger partial charge in [-0.15, -0.1) is 0 Å². The first-order valence-corrected chi connectivity index (χ1v) is 10.2. The summed E-state index contributed by atoms with van der Waals surface area (Å²) < 4.78 is 14.1. The highest BCUT2D eigenvalue weighted by molar-refractivity contribution is 5.52. The zero-order valence-electron chi connectivity index (χ0n) is 16.5. The second-order valence-electron chi connectivity index (χ2n) is 7.62. The molecule has 1 heteroatoms. The zero-order chi connectivity index (χ0) is 19.1. The second-order valence-corrected chi connectivity index (χ2v) is 7.62. The number of hydrogen-bond acceptors (Lipinski definition) is 0. The number of hydrogen-bond donors (Lipinski definition) is 0. The highest BCUT2D eigenvalue weighted by Gasteiger charge is 2.21. The van der Waals surface area contributed by atoms with E-state index in [1.807, 2.05) is 25.1 Å². The predicted octanol–water partition coefficient (Wildman–Crippen LogP) is 7.33. The van der Waals surface area contributed by atoms with Crippen LogP contribution in [0.15, 0.2) is 48.5 Å². The van der Waals surface area contributed by atoms with Crippen molar-refractivity contribution in [2.45, 2.75) is 58.3 Å². The van der Waals surface area contributed by atoms with Gasteiger partial charge in [0.05, 0.1) is 5.56 Å². The zero-order valence-corrected chi connectivity index (χ0v) is 16.5. The molecule has 0 radical (unpaired) electrons. The first kappa shape index (κ1) is 19.4. The van der Waals surface area contributed by atoms with Crippen molar-refractivity contribution in [3.63, 3.8) is 0 Å². The normalized spacial score (nSPS) is 19.7. The SMILES string of the molecule is CC=Cc1ccc(C#Cc2ccc(C3CCC(CCC)CC3)cc2)c(F)c1. The minimum Gasteiger partial charge on any atom is -0.206 e. The van der Waals surface area contributed by atoms with Gasteiger partial charge in [0.15, 0.2) is 0 Å². The van der Waals surface area contributed by atoms with Gasteiger partial charge >= 0.3 is 0 Å². The van der Waals surface area contributed by atoms with Crippen LogP contribution in [0.25, 0.3) is 6.08 Å². The summed E-state index contributed by atoms with van der Waals surface area (Å²) in [5, 5.41) is 0. The lowest BCUT2D eigenvalue weighted by molar-refractivity contribution is 0.308. The average molecular weight is 361 g/mol. The van der Waals surface area contributed by atoms with Crippen LogP contribution in [0.4, 0.5) is 4.39 Å². The lowest BCUT2D eigenvalue weighted by Gasteiger charge is -2.28. The van der Waals surface area contributed by atoms with E-state index in [0.29, 0.717) is 11.5 Å². The Balaban J connectivity index is 1.64. The van der Waals surface area contributed by atoms with E-state index in [0.717, 1.165) is 17.0 Å². The minimum atomic E-state index is -0.265. The average Bonchev–Trinajstić information content (AvgIpc) is 2.69. The van der Waals surface area contributed by atoms with E-state index in [-0.39, 0.29) is 5.82 Å². The van der Waals surface area contributed by atoms with Crippen molar-refractivity contribution in [1.29, 1.82) is 0 Å². The molecule has 0 spiro atoms. The Morgan fingerprint density at radius 2 is 1.74 bits per heavy atom. The molecule has 1 saturated carbocycles. The van der Waals surface area contributed by atoms with Gasteiger partial charge in [-0.3, -0.25) is 0 Å². The molecule has 0 amide bonds. The monoisotopic (exact) mass is 360 g/mol. The molecular formula is C26H29F. The van der Waals surface area contributed by atoms with Crippen molar-refractivity contribution in [3.8, 4) is 11.8 Å². The quantitative estimate of drug-likeness (QED) is 0.501. The van der Waals surface area contributed by atoms with Crippen LogP contribution < -0.4 is 0 Å². The standard InChI is InChI=1S/C26H29F/c1-3-5-20-7-13-23(14-8-20)24-15-9-21(10-16-24)11-17-25-18-12-22(6-4-2)19-26(25)27/h4,6,9-10,12,15-16,18-20,23H,3,5,7-8,13-14H2,1-2H3. The van der Waals surface area contributed by atoms with Crippen LogP contribution in [-0.2, 0) is 0 Å². The molecule has 1 aliphatic carbocycles. The molecule has 140 valence electrons. The third-order valence-corrected chi connectivity index (χ3v) is 5.62. The summed E-state index contributed by atoms with van der Waals surface area (Å²) in [5.74, 6) is 7.43. The first-order chi connectivity index (χ1) is 13.2. The van der Waals surface area contributed by atoms with E-state index in [4.69, 9.17) is 0 Å². The number of benzene rings is 2. The summed E-state index contributed by atoms with van der Waals surface area (Å²) in [6, 6.07) is 13.7. The molecule has 0 saturated heterocycles. The lowest BCUT2D eigenvalue weighted by Crippen LogP contribution is -2.13. The van der Waals surface area contributed by atoms with Crippen LogP contribution >= 0.6 is 0 Å². The molecule has 0 unspecified atom stereocenters. The molecule has 0 atom stereocenters. The maximum atomic E-state index is 14.1. The van der Waals surface area contributed by atoms with Gasteiger partial charge < -0.3 is 0 Å². The Morgan fingerprint density at radius 1 is 1.00 bits per heavy atom. The van der Waals surface area contributed by atoms with Gasteiger partial charge in [-0.2, -0.15) is 0 Å². The number of halogens is 1. The van der Waals surface area contributed by atoms with E-state index in [2.05, 4.69) is 43.0 Å². The van der Waals surface area contributed by atoms with Crippen molar-refractivity contribution < 1.29 is 4.39 Å². The molecular weight excluding hydrogens is 331 g/mol. The molecule has 0 heterocycles. The number of rotatable bonds is 4. The Morgan fingerprint density at radius 3 is 2.37 bits per heavy atom. The number of allylic oxidation sites excluding steroid dienone is 1. The summed E-state index contributed by atoms with van der Waals surface area (Å²) >= 11 is 0. The summed E-state index contributed by atoms with van der Waals surface area (Å²) in [4.78, 5) is 0. The summed E-state index contributed by atoms with van der Waals surface area (Å²) in [6.45, 7) is 4.21. The highest BCUT2D eigenvalue weighted by Crippen LogP contribution is 2.37. The van der Waals surface area contributed by atoms with Gasteiger partial charge in [0, 0.05) is 5.56 Å². The van der Waals surface area contributed by atoms with Crippen molar-refractivity contribution in [2.75, 3.05) is 0 Å². The second kappa shape index (κ2) is 9.56. The lowest BCUT2D eigenvalue weighted by atomic mass is 9.77. The molecule has 0 aromatic heterocycles. The topological polar surface area (TPSA) is 0 Å². The fraction of sp³-hybridized carbons (Fsp3) is 0.385. The van der Waals surface area contributed by atoms with Crippen molar-refractivity contribution >= 4 is 6.08 Å². The Kier molecular flexibility index (Phi) is 6.88. The molecule has 27 heavy (non-hydrogen) atoms. The van der Waals surface area contributed by atoms with Gasteiger partial charge in [-0.05, 0) is 79.8 Å². The van der Waals surface area contributed by atoms with Crippen molar-refractivity contribution in [3.05, 3.63) is 76.6 Å². The fourth-order valence-corrected chi connectivity index (χ4v) is 4.10. The maximum Gasteiger partial charge on any atom is 0.139 e. The van der Waals surface area contributed by atoms with Crippen LogP contribution in [0, 0.1) is 23.6 Å². The third kappa shape index (κ3) is 5.33. The van der Waals surface area contributed by atoms with E-state index in [1.165, 1.54) is 50.2 Å². The van der Waals surface area contributed by atoms with Crippen molar-refractivity contribution in [1.82, 2.24) is 0 Å². The Bertz CT molecular complexity index is 825. The van der Waals surface area contributed by atoms with Crippen LogP contribution in [0.3, 0.4) is 0 Å². The van der Waals surface area contributed by atoms with E-state index in [9.17, 15) is 4.39 Å². The van der Waals surface area contributed by atoms with Crippen LogP contribution in [0.1, 0.15) is 80.5 Å². The van der Waals surface area contributed by atoms with E-state index in [1.54, 1.807) is 6.07 Å². The Hall–Kier alpha value is -2.33. The molecule has 0 aliphatic heterocycles. The minimum absolute atomic E-state index is 0.265. The van der Waals surface area contributed by atoms with Crippen LogP contribution in [0.2, 0.25) is 0 Å². The first-order valence-electron chi connectivity index (χ1n) is 10.2. The maximum absolute atomic E-state index is 14.1. The van der Waals surface area contributed by atoms with Gasteiger partial charge in [-0.1, -0.05) is 62.0 Å². The van der Waals surface area contributed by atoms with Gasteiger partial charge in [0.2, 0.25) is 0 Å². The van der Waals surface area contributed by atoms with Crippen molar-refractivity contribution in [2.24, 2.45) is 5.92 Å². The summed E-state index contributed by atoms with van der Waals surface area (Å²) in [7, 11) is 0. The molecule has 2 aromatic rings. The molecule has 0 N–H and O–H groups in total. The third-order valence-electron chi connectivity index (χ3n) is 5.62. The van der Waals surface area contributed by atoms with Gasteiger partial charge in [0.25, 0.3) is 0 Å². The largest absolute Gasteiger partial charge is 0.206 e. The molecule has 1 fully saturated rings. The summed E-state index contributed by atoms with van der Waals surface area (Å²) in [6.07, 6.45) is 11.8. The van der Waals surface area contributed by atoms with Gasteiger partial charge in [0.1, 0.15) is 5.82 Å².